The fourth-order valence-corrected chi connectivity index (χ4v) is 3.91. The zero-order chi connectivity index (χ0) is 19.6. The van der Waals surface area contributed by atoms with Gasteiger partial charge in [-0.15, -0.1) is 0 Å². The summed E-state index contributed by atoms with van der Waals surface area (Å²) >= 11 is 7.84. The van der Waals surface area contributed by atoms with Gasteiger partial charge in [0.15, 0.2) is 5.17 Å². The number of nitro benzene ring substituents is 1. The van der Waals surface area contributed by atoms with E-state index in [4.69, 9.17) is 4.74 Å². The largest absolute Gasteiger partial charge is 0.496 e. The Morgan fingerprint density at radius 3 is 2.70 bits per heavy atom. The Hall–Kier alpha value is -2.17. The predicted octanol–water partition coefficient (Wildman–Crippen LogP) is 5.02. The topological polar surface area (TPSA) is 93.8 Å². The molecule has 0 radical (unpaired) electrons. The summed E-state index contributed by atoms with van der Waals surface area (Å²) in [7, 11) is 1.56. The summed E-state index contributed by atoms with van der Waals surface area (Å²) in [5, 5.41) is 13.9. The quantitative estimate of drug-likeness (QED) is 0.352. The van der Waals surface area contributed by atoms with E-state index in [1.807, 2.05) is 12.1 Å². The van der Waals surface area contributed by atoms with Crippen LogP contribution in [-0.4, -0.2) is 23.1 Å². The molecule has 1 amide bonds. The lowest BCUT2D eigenvalue weighted by Crippen LogP contribution is -2.19. The van der Waals surface area contributed by atoms with Gasteiger partial charge in [-0.05, 0) is 58.0 Å². The Bertz CT molecular complexity index is 1010. The maximum Gasteiger partial charge on any atom is 0.270 e. The monoisotopic (exact) mass is 511 g/mol. The van der Waals surface area contributed by atoms with Crippen LogP contribution < -0.4 is 10.1 Å². The molecule has 0 atom stereocenters. The molecule has 0 spiro atoms. The minimum absolute atomic E-state index is 0.0451. The first-order valence-corrected chi connectivity index (χ1v) is 9.84. The number of rotatable bonds is 4. The van der Waals surface area contributed by atoms with Gasteiger partial charge in [-0.3, -0.25) is 14.9 Å². The minimum Gasteiger partial charge on any atom is -0.496 e. The number of ether oxygens (including phenoxy) is 1. The number of nitrogens with one attached hydrogen (secondary N) is 1. The first kappa shape index (κ1) is 19.6. The van der Waals surface area contributed by atoms with E-state index in [1.54, 1.807) is 19.3 Å². The van der Waals surface area contributed by atoms with Crippen molar-refractivity contribution in [2.45, 2.75) is 0 Å². The van der Waals surface area contributed by atoms with Crippen molar-refractivity contribution in [2.75, 3.05) is 7.11 Å². The summed E-state index contributed by atoms with van der Waals surface area (Å²) in [6.45, 7) is 0. The molecule has 2 aromatic carbocycles. The second-order valence-corrected chi connectivity index (χ2v) is 8.06. The average molecular weight is 513 g/mol. The second-order valence-electron chi connectivity index (χ2n) is 5.26. The van der Waals surface area contributed by atoms with Crippen LogP contribution in [0.4, 0.5) is 11.4 Å². The van der Waals surface area contributed by atoms with E-state index in [0.717, 1.165) is 10.0 Å². The normalized spacial score (nSPS) is 16.6. The number of nitro groups is 1. The molecule has 3 rings (SSSR count). The maximum atomic E-state index is 12.3. The first-order chi connectivity index (χ1) is 12.9. The molecule has 1 aliphatic rings. The number of halogens is 2. The number of carbonyl (C=O) groups is 1. The molecule has 7 nitrogen and oxygen atoms in total. The van der Waals surface area contributed by atoms with E-state index in [9.17, 15) is 14.9 Å². The number of methoxy groups -OCH3 is 1. The van der Waals surface area contributed by atoms with E-state index in [1.165, 1.54) is 30.0 Å². The Morgan fingerprint density at radius 1 is 1.26 bits per heavy atom. The standard InChI is InChI=1S/C17H11Br2N3O4S/c1-26-14-5-2-10(18)6-9(14)7-15-16(23)21-17(27-15)20-13-4-3-11(22(24)25)8-12(13)19/h2-8H,1H3,(H,20,21,23)/b15-7+. The van der Waals surface area contributed by atoms with Gasteiger partial charge in [0.05, 0.1) is 27.1 Å². The average Bonchev–Trinajstić information content (AvgIpc) is 2.96. The highest BCUT2D eigenvalue weighted by atomic mass is 79.9. The molecule has 0 aromatic heterocycles. The molecule has 0 unspecified atom stereocenters. The molecule has 27 heavy (non-hydrogen) atoms. The van der Waals surface area contributed by atoms with Gasteiger partial charge in [-0.25, -0.2) is 4.99 Å². The second kappa shape index (κ2) is 8.24. The molecule has 1 aliphatic heterocycles. The highest BCUT2D eigenvalue weighted by molar-refractivity contribution is 9.10. The van der Waals surface area contributed by atoms with Crippen molar-refractivity contribution >= 4 is 72.1 Å². The van der Waals surface area contributed by atoms with E-state index < -0.39 is 4.92 Å². The minimum atomic E-state index is -0.486. The van der Waals surface area contributed by atoms with Crippen molar-refractivity contribution in [3.05, 3.63) is 65.9 Å². The van der Waals surface area contributed by atoms with Crippen LogP contribution >= 0.6 is 43.6 Å². The van der Waals surface area contributed by atoms with Crippen LogP contribution in [0.15, 0.2) is 55.2 Å². The van der Waals surface area contributed by atoms with E-state index in [-0.39, 0.29) is 11.6 Å². The van der Waals surface area contributed by atoms with Crippen molar-refractivity contribution in [2.24, 2.45) is 4.99 Å². The van der Waals surface area contributed by atoms with Gasteiger partial charge in [-0.1, -0.05) is 15.9 Å². The summed E-state index contributed by atoms with van der Waals surface area (Å²) in [6, 6.07) is 9.74. The molecule has 0 aliphatic carbocycles. The van der Waals surface area contributed by atoms with Crippen LogP contribution in [0, 0.1) is 10.1 Å². The van der Waals surface area contributed by atoms with Gasteiger partial charge in [0.2, 0.25) is 0 Å². The maximum absolute atomic E-state index is 12.3. The molecule has 138 valence electrons. The smallest absolute Gasteiger partial charge is 0.270 e. The molecule has 1 fully saturated rings. The van der Waals surface area contributed by atoms with E-state index >= 15 is 0 Å². The molecule has 0 saturated carbocycles. The third-order valence-corrected chi connectivity index (χ3v) is 5.53. The van der Waals surface area contributed by atoms with Crippen molar-refractivity contribution in [1.82, 2.24) is 5.32 Å². The van der Waals surface area contributed by atoms with E-state index in [2.05, 4.69) is 42.2 Å². The number of carbonyl (C=O) groups excluding carboxylic acids is 1. The number of benzene rings is 2. The van der Waals surface area contributed by atoms with Crippen LogP contribution in [0.2, 0.25) is 0 Å². The third kappa shape index (κ3) is 4.57. The van der Waals surface area contributed by atoms with Crippen molar-refractivity contribution in [3.8, 4) is 5.75 Å². The third-order valence-electron chi connectivity index (χ3n) is 3.49. The summed E-state index contributed by atoms with van der Waals surface area (Å²) < 4.78 is 6.64. The molecule has 10 heteroatoms. The van der Waals surface area contributed by atoms with E-state index in [0.29, 0.717) is 26.0 Å². The van der Waals surface area contributed by atoms with Crippen molar-refractivity contribution < 1.29 is 14.5 Å². The molecule has 2 aromatic rings. The Labute approximate surface area is 175 Å². The Balaban J connectivity index is 1.89. The molecular weight excluding hydrogens is 502 g/mol. The lowest BCUT2D eigenvalue weighted by Gasteiger charge is -2.05. The molecule has 1 N–H and O–H groups in total. The summed E-state index contributed by atoms with van der Waals surface area (Å²) in [5.41, 5.74) is 1.18. The van der Waals surface area contributed by atoms with Gasteiger partial charge in [0.25, 0.3) is 11.6 Å². The van der Waals surface area contributed by atoms with Crippen LogP contribution in [-0.2, 0) is 4.79 Å². The predicted molar refractivity (Wildman–Crippen MR) is 112 cm³/mol. The summed E-state index contributed by atoms with van der Waals surface area (Å²) in [4.78, 5) is 27.4. The SMILES string of the molecule is COc1ccc(Br)cc1/C=C1/SC(=Nc2ccc([N+](=O)[O-])cc2Br)NC1=O. The fraction of sp³-hybridized carbons (Fsp3) is 0.0588. The Morgan fingerprint density at radius 2 is 2.04 bits per heavy atom. The van der Waals surface area contributed by atoms with Crippen LogP contribution in [0.1, 0.15) is 5.56 Å². The number of amides is 1. The number of aliphatic imine (C=N–C) groups is 1. The summed E-state index contributed by atoms with van der Waals surface area (Å²) in [6.07, 6.45) is 1.72. The number of hydrogen-bond donors (Lipinski definition) is 1. The molecule has 1 saturated heterocycles. The Kier molecular flexibility index (Phi) is 5.98. The summed E-state index contributed by atoms with van der Waals surface area (Å²) in [5.74, 6) is 0.362. The number of amidine groups is 1. The van der Waals surface area contributed by atoms with Crippen LogP contribution in [0.25, 0.3) is 6.08 Å². The van der Waals surface area contributed by atoms with Crippen molar-refractivity contribution in [1.29, 1.82) is 0 Å². The van der Waals surface area contributed by atoms with Crippen LogP contribution in [0.3, 0.4) is 0 Å². The fourth-order valence-electron chi connectivity index (χ4n) is 2.25. The number of hydrogen-bond acceptors (Lipinski definition) is 6. The molecular formula is C17H11Br2N3O4S. The molecule has 1 heterocycles. The van der Waals surface area contributed by atoms with Crippen LogP contribution in [0.5, 0.6) is 5.75 Å². The van der Waals surface area contributed by atoms with Gasteiger partial charge in [0.1, 0.15) is 5.75 Å². The number of thioether (sulfide) groups is 1. The number of nitrogens with zero attached hydrogens (tertiary/aromatic N) is 2. The molecule has 0 bridgehead atoms. The van der Waals surface area contributed by atoms with Crippen molar-refractivity contribution in [3.63, 3.8) is 0 Å². The zero-order valence-corrected chi connectivity index (χ0v) is 17.7. The highest BCUT2D eigenvalue weighted by Gasteiger charge is 2.24. The lowest BCUT2D eigenvalue weighted by atomic mass is 10.2. The van der Waals surface area contributed by atoms with Gasteiger partial charge in [-0.2, -0.15) is 0 Å². The number of non-ortho nitro benzene ring substituents is 1. The highest BCUT2D eigenvalue weighted by Crippen LogP contribution is 2.34. The van der Waals surface area contributed by atoms with Gasteiger partial charge < -0.3 is 10.1 Å². The first-order valence-electron chi connectivity index (χ1n) is 7.44. The lowest BCUT2D eigenvalue weighted by molar-refractivity contribution is -0.384. The van der Waals surface area contributed by atoms with Gasteiger partial charge >= 0.3 is 0 Å². The zero-order valence-electron chi connectivity index (χ0n) is 13.7. The van der Waals surface area contributed by atoms with Gasteiger partial charge in [0, 0.05) is 22.2 Å².